The van der Waals surface area contributed by atoms with Crippen molar-refractivity contribution in [3.63, 3.8) is 0 Å². The third-order valence-corrected chi connectivity index (χ3v) is 4.63. The summed E-state index contributed by atoms with van der Waals surface area (Å²) in [6.45, 7) is 8.93. The first-order valence-electron chi connectivity index (χ1n) is 7.37. The van der Waals surface area contributed by atoms with Crippen LogP contribution in [0.25, 0.3) is 0 Å². The molecule has 0 aromatic carbocycles. The molecule has 0 aliphatic carbocycles. The van der Waals surface area contributed by atoms with Gasteiger partial charge in [0.25, 0.3) is 0 Å². The fraction of sp³-hybridized carbons (Fsp3) is 1.00. The summed E-state index contributed by atoms with van der Waals surface area (Å²) in [5, 5.41) is 7.36. The van der Waals surface area contributed by atoms with Crippen molar-refractivity contribution in [2.75, 3.05) is 26.2 Å². The van der Waals surface area contributed by atoms with Gasteiger partial charge in [0.15, 0.2) is 0 Å². The van der Waals surface area contributed by atoms with Crippen molar-refractivity contribution in [3.05, 3.63) is 0 Å². The molecule has 0 saturated carbocycles. The van der Waals surface area contributed by atoms with Crippen LogP contribution in [0.15, 0.2) is 0 Å². The van der Waals surface area contributed by atoms with Crippen LogP contribution >= 0.6 is 0 Å². The van der Waals surface area contributed by atoms with Gasteiger partial charge in [-0.05, 0) is 44.6 Å². The van der Waals surface area contributed by atoms with Crippen LogP contribution in [-0.2, 0) is 4.74 Å². The molecule has 0 aromatic rings. The lowest BCUT2D eigenvalue weighted by atomic mass is 9.93. The van der Waals surface area contributed by atoms with E-state index in [0.29, 0.717) is 11.6 Å². The predicted octanol–water partition coefficient (Wildman–Crippen LogP) is 1.92. The van der Waals surface area contributed by atoms with E-state index in [0.717, 1.165) is 32.0 Å². The Balaban J connectivity index is 1.71. The topological polar surface area (TPSA) is 33.3 Å². The molecule has 3 heteroatoms. The molecule has 0 aromatic heterocycles. The van der Waals surface area contributed by atoms with Crippen molar-refractivity contribution in [2.24, 2.45) is 5.92 Å². The molecule has 3 nitrogen and oxygen atoms in total. The summed E-state index contributed by atoms with van der Waals surface area (Å²) in [6.07, 6.45) is 6.78. The Hall–Kier alpha value is -0.120. The van der Waals surface area contributed by atoms with E-state index in [-0.39, 0.29) is 0 Å². The van der Waals surface area contributed by atoms with E-state index in [1.165, 1.54) is 32.2 Å². The summed E-state index contributed by atoms with van der Waals surface area (Å²) in [6, 6.07) is 0. The zero-order valence-electron chi connectivity index (χ0n) is 11.4. The van der Waals surface area contributed by atoms with Crippen molar-refractivity contribution in [1.82, 2.24) is 10.6 Å². The van der Waals surface area contributed by atoms with E-state index < -0.39 is 0 Å². The van der Waals surface area contributed by atoms with E-state index in [4.69, 9.17) is 4.74 Å². The number of nitrogens with one attached hydrogen (secondary N) is 2. The average molecular weight is 240 g/mol. The highest BCUT2D eigenvalue weighted by Gasteiger charge is 2.32. The Morgan fingerprint density at radius 1 is 1.41 bits per heavy atom. The molecule has 0 spiro atoms. The van der Waals surface area contributed by atoms with Crippen molar-refractivity contribution in [1.29, 1.82) is 0 Å². The molecule has 0 radical (unpaired) electrons. The minimum Gasteiger partial charge on any atom is -0.378 e. The maximum absolute atomic E-state index is 5.73. The minimum absolute atomic E-state index is 0.376. The van der Waals surface area contributed by atoms with Crippen LogP contribution < -0.4 is 10.6 Å². The second kappa shape index (κ2) is 6.17. The van der Waals surface area contributed by atoms with Gasteiger partial charge in [0.05, 0.1) is 6.10 Å². The van der Waals surface area contributed by atoms with Crippen LogP contribution in [0.2, 0.25) is 0 Å². The SMILES string of the molecule is CCC1OCCC1CNCC1(CC)CCCN1. The van der Waals surface area contributed by atoms with Gasteiger partial charge in [-0.15, -0.1) is 0 Å². The van der Waals surface area contributed by atoms with Crippen LogP contribution in [0.4, 0.5) is 0 Å². The molecule has 17 heavy (non-hydrogen) atoms. The minimum atomic E-state index is 0.376. The second-order valence-electron chi connectivity index (χ2n) is 5.66. The number of hydrogen-bond acceptors (Lipinski definition) is 3. The van der Waals surface area contributed by atoms with E-state index >= 15 is 0 Å². The smallest absolute Gasteiger partial charge is 0.0613 e. The molecule has 2 fully saturated rings. The van der Waals surface area contributed by atoms with E-state index in [9.17, 15) is 0 Å². The maximum Gasteiger partial charge on any atom is 0.0613 e. The van der Waals surface area contributed by atoms with Crippen LogP contribution in [0.3, 0.4) is 0 Å². The lowest BCUT2D eigenvalue weighted by Gasteiger charge is -2.29. The fourth-order valence-corrected chi connectivity index (χ4v) is 3.32. The zero-order chi connectivity index (χ0) is 12.1. The largest absolute Gasteiger partial charge is 0.378 e. The summed E-state index contributed by atoms with van der Waals surface area (Å²) in [7, 11) is 0. The molecule has 2 saturated heterocycles. The normalized spacial score (nSPS) is 37.8. The summed E-state index contributed by atoms with van der Waals surface area (Å²) < 4.78 is 5.73. The molecule has 0 amide bonds. The molecule has 3 unspecified atom stereocenters. The second-order valence-corrected chi connectivity index (χ2v) is 5.66. The van der Waals surface area contributed by atoms with Crippen molar-refractivity contribution in [3.8, 4) is 0 Å². The van der Waals surface area contributed by atoms with E-state index in [1.807, 2.05) is 0 Å². The van der Waals surface area contributed by atoms with Crippen molar-refractivity contribution >= 4 is 0 Å². The van der Waals surface area contributed by atoms with E-state index in [2.05, 4.69) is 24.5 Å². The van der Waals surface area contributed by atoms with Gasteiger partial charge in [0.2, 0.25) is 0 Å². The zero-order valence-corrected chi connectivity index (χ0v) is 11.4. The molecule has 2 heterocycles. The van der Waals surface area contributed by atoms with Crippen molar-refractivity contribution in [2.45, 2.75) is 57.6 Å². The summed E-state index contributed by atoms with van der Waals surface area (Å²) in [4.78, 5) is 0. The van der Waals surface area contributed by atoms with Gasteiger partial charge in [0.1, 0.15) is 0 Å². The van der Waals surface area contributed by atoms with Gasteiger partial charge in [-0.25, -0.2) is 0 Å². The molecular formula is C14H28N2O. The predicted molar refractivity (Wildman–Crippen MR) is 71.3 cm³/mol. The quantitative estimate of drug-likeness (QED) is 0.744. The summed E-state index contributed by atoms with van der Waals surface area (Å²) >= 11 is 0. The highest BCUT2D eigenvalue weighted by molar-refractivity contribution is 4.94. The van der Waals surface area contributed by atoms with Crippen LogP contribution in [0.1, 0.15) is 46.0 Å². The Labute approximate surface area is 106 Å². The fourth-order valence-electron chi connectivity index (χ4n) is 3.32. The van der Waals surface area contributed by atoms with Gasteiger partial charge in [-0.1, -0.05) is 13.8 Å². The lowest BCUT2D eigenvalue weighted by Crippen LogP contribution is -2.49. The Morgan fingerprint density at radius 2 is 2.29 bits per heavy atom. The number of ether oxygens (including phenoxy) is 1. The average Bonchev–Trinajstić information content (AvgIpc) is 2.98. The highest BCUT2D eigenvalue weighted by Crippen LogP contribution is 2.24. The van der Waals surface area contributed by atoms with Crippen LogP contribution in [0, 0.1) is 5.92 Å². The maximum atomic E-state index is 5.73. The first-order chi connectivity index (χ1) is 8.29. The first-order valence-corrected chi connectivity index (χ1v) is 7.37. The Morgan fingerprint density at radius 3 is 2.94 bits per heavy atom. The Kier molecular flexibility index (Phi) is 4.83. The van der Waals surface area contributed by atoms with Crippen LogP contribution in [-0.4, -0.2) is 37.9 Å². The molecule has 2 rings (SSSR count). The first kappa shape index (κ1) is 13.3. The van der Waals surface area contributed by atoms with Gasteiger partial charge in [-0.3, -0.25) is 0 Å². The Bertz CT molecular complexity index is 226. The molecule has 0 bridgehead atoms. The van der Waals surface area contributed by atoms with Crippen LogP contribution in [0.5, 0.6) is 0 Å². The third kappa shape index (κ3) is 3.21. The number of hydrogen-bond donors (Lipinski definition) is 2. The molecule has 2 N–H and O–H groups in total. The van der Waals surface area contributed by atoms with Crippen molar-refractivity contribution < 1.29 is 4.74 Å². The standard InChI is InChI=1S/C14H28N2O/c1-3-13-12(6-9-17-13)10-15-11-14(4-2)7-5-8-16-14/h12-13,15-16H,3-11H2,1-2H3. The summed E-state index contributed by atoms with van der Waals surface area (Å²) in [5.41, 5.74) is 0.376. The van der Waals surface area contributed by atoms with Gasteiger partial charge < -0.3 is 15.4 Å². The molecule has 3 atom stereocenters. The van der Waals surface area contributed by atoms with Gasteiger partial charge in [0, 0.05) is 25.2 Å². The number of rotatable bonds is 6. The van der Waals surface area contributed by atoms with E-state index in [1.54, 1.807) is 0 Å². The lowest BCUT2D eigenvalue weighted by molar-refractivity contribution is 0.0868. The highest BCUT2D eigenvalue weighted by atomic mass is 16.5. The third-order valence-electron chi connectivity index (χ3n) is 4.63. The molecule has 2 aliphatic rings. The summed E-state index contributed by atoms with van der Waals surface area (Å²) in [5.74, 6) is 0.732. The monoisotopic (exact) mass is 240 g/mol. The van der Waals surface area contributed by atoms with Gasteiger partial charge in [-0.2, -0.15) is 0 Å². The molecular weight excluding hydrogens is 212 g/mol. The molecule has 2 aliphatic heterocycles. The molecule has 100 valence electrons. The van der Waals surface area contributed by atoms with Gasteiger partial charge >= 0.3 is 0 Å².